The SMILES string of the molecule is CCOc1cc(CNc2ccc(O)cc2)cc(Br)c1OC(C)C. The van der Waals surface area contributed by atoms with E-state index in [1.165, 1.54) is 0 Å². The van der Waals surface area contributed by atoms with Crippen LogP contribution in [0.5, 0.6) is 17.2 Å². The summed E-state index contributed by atoms with van der Waals surface area (Å²) in [6.07, 6.45) is 0.0754. The standard InChI is InChI=1S/C18H22BrNO3/c1-4-22-17-10-13(9-16(19)18(17)23-12(2)3)11-20-14-5-7-15(21)8-6-14/h5-10,12,20-21H,4,11H2,1-3H3. The second kappa shape index (κ2) is 8.11. The number of rotatable bonds is 7. The molecular weight excluding hydrogens is 358 g/mol. The van der Waals surface area contributed by atoms with Gasteiger partial charge >= 0.3 is 0 Å². The van der Waals surface area contributed by atoms with Gasteiger partial charge in [-0.15, -0.1) is 0 Å². The Kier molecular flexibility index (Phi) is 6.16. The van der Waals surface area contributed by atoms with Gasteiger partial charge in [-0.1, -0.05) is 0 Å². The molecule has 23 heavy (non-hydrogen) atoms. The predicted molar refractivity (Wildman–Crippen MR) is 96.5 cm³/mol. The Morgan fingerprint density at radius 1 is 1.17 bits per heavy atom. The Balaban J connectivity index is 2.17. The van der Waals surface area contributed by atoms with E-state index < -0.39 is 0 Å². The van der Waals surface area contributed by atoms with Crippen LogP contribution in [-0.4, -0.2) is 17.8 Å². The van der Waals surface area contributed by atoms with Crippen LogP contribution in [0.3, 0.4) is 0 Å². The number of halogens is 1. The second-order valence-corrected chi connectivity index (χ2v) is 6.26. The molecule has 2 aromatic carbocycles. The summed E-state index contributed by atoms with van der Waals surface area (Å²) in [6.45, 7) is 7.15. The molecule has 0 aliphatic carbocycles. The van der Waals surface area contributed by atoms with E-state index in [1.54, 1.807) is 12.1 Å². The molecule has 0 bridgehead atoms. The highest BCUT2D eigenvalue weighted by atomic mass is 79.9. The molecule has 4 nitrogen and oxygen atoms in total. The van der Waals surface area contributed by atoms with Crippen LogP contribution in [0.15, 0.2) is 40.9 Å². The number of hydrogen-bond donors (Lipinski definition) is 2. The summed E-state index contributed by atoms with van der Waals surface area (Å²) in [4.78, 5) is 0. The van der Waals surface area contributed by atoms with Crippen LogP contribution in [-0.2, 0) is 6.54 Å². The minimum atomic E-state index is 0.0754. The Morgan fingerprint density at radius 2 is 1.87 bits per heavy atom. The van der Waals surface area contributed by atoms with Gasteiger partial charge in [-0.2, -0.15) is 0 Å². The molecule has 0 radical (unpaired) electrons. The zero-order chi connectivity index (χ0) is 16.8. The van der Waals surface area contributed by atoms with Gasteiger partial charge in [-0.05, 0) is 78.7 Å². The average Bonchev–Trinajstić information content (AvgIpc) is 2.50. The largest absolute Gasteiger partial charge is 0.508 e. The quantitative estimate of drug-likeness (QED) is 0.668. The Bertz CT molecular complexity index is 641. The van der Waals surface area contributed by atoms with Crippen LogP contribution in [0.1, 0.15) is 26.3 Å². The van der Waals surface area contributed by atoms with Gasteiger partial charge in [0.05, 0.1) is 17.2 Å². The summed E-state index contributed by atoms with van der Waals surface area (Å²) in [5.41, 5.74) is 2.02. The smallest absolute Gasteiger partial charge is 0.175 e. The lowest BCUT2D eigenvalue weighted by Gasteiger charge is -2.18. The molecule has 5 heteroatoms. The van der Waals surface area contributed by atoms with Gasteiger partial charge < -0.3 is 19.9 Å². The number of anilines is 1. The van der Waals surface area contributed by atoms with Gasteiger partial charge in [0.15, 0.2) is 11.5 Å². The van der Waals surface area contributed by atoms with Gasteiger partial charge in [0.25, 0.3) is 0 Å². The van der Waals surface area contributed by atoms with Gasteiger partial charge in [0.1, 0.15) is 5.75 Å². The van der Waals surface area contributed by atoms with E-state index in [0.29, 0.717) is 13.2 Å². The van der Waals surface area contributed by atoms with Crippen molar-refractivity contribution in [3.63, 3.8) is 0 Å². The van der Waals surface area contributed by atoms with Crippen LogP contribution >= 0.6 is 15.9 Å². The van der Waals surface area contributed by atoms with E-state index in [2.05, 4.69) is 21.2 Å². The molecule has 0 heterocycles. The van der Waals surface area contributed by atoms with E-state index in [9.17, 15) is 5.11 Å². The first-order valence-electron chi connectivity index (χ1n) is 7.64. The molecule has 0 spiro atoms. The molecule has 0 aliphatic heterocycles. The maximum absolute atomic E-state index is 9.31. The van der Waals surface area contributed by atoms with Crippen LogP contribution < -0.4 is 14.8 Å². The van der Waals surface area contributed by atoms with E-state index in [-0.39, 0.29) is 11.9 Å². The number of benzene rings is 2. The molecule has 2 rings (SSSR count). The first-order chi connectivity index (χ1) is 11.0. The van der Waals surface area contributed by atoms with Gasteiger partial charge in [0.2, 0.25) is 0 Å². The highest BCUT2D eigenvalue weighted by molar-refractivity contribution is 9.10. The normalized spacial score (nSPS) is 10.7. The summed E-state index contributed by atoms with van der Waals surface area (Å²) in [6, 6.07) is 11.0. The summed E-state index contributed by atoms with van der Waals surface area (Å²) in [7, 11) is 0. The monoisotopic (exact) mass is 379 g/mol. The van der Waals surface area contributed by atoms with E-state index in [4.69, 9.17) is 9.47 Å². The Hall–Kier alpha value is -1.88. The van der Waals surface area contributed by atoms with Gasteiger partial charge in [-0.3, -0.25) is 0 Å². The second-order valence-electron chi connectivity index (χ2n) is 5.40. The lowest BCUT2D eigenvalue weighted by Crippen LogP contribution is -2.09. The highest BCUT2D eigenvalue weighted by Gasteiger charge is 2.13. The van der Waals surface area contributed by atoms with E-state index in [1.807, 2.05) is 45.0 Å². The summed E-state index contributed by atoms with van der Waals surface area (Å²) in [5, 5.41) is 12.6. The summed E-state index contributed by atoms with van der Waals surface area (Å²) < 4.78 is 12.4. The highest BCUT2D eigenvalue weighted by Crippen LogP contribution is 2.37. The van der Waals surface area contributed by atoms with E-state index >= 15 is 0 Å². The van der Waals surface area contributed by atoms with Crippen molar-refractivity contribution in [2.24, 2.45) is 0 Å². The minimum Gasteiger partial charge on any atom is -0.508 e. The predicted octanol–water partition coefficient (Wildman–Crippen LogP) is 4.95. The topological polar surface area (TPSA) is 50.7 Å². The van der Waals surface area contributed by atoms with Crippen LogP contribution in [0, 0.1) is 0 Å². The first kappa shape index (κ1) is 17.5. The van der Waals surface area contributed by atoms with Crippen molar-refractivity contribution in [2.45, 2.75) is 33.4 Å². The zero-order valence-electron chi connectivity index (χ0n) is 13.6. The maximum Gasteiger partial charge on any atom is 0.175 e. The van der Waals surface area contributed by atoms with Crippen molar-refractivity contribution >= 4 is 21.6 Å². The average molecular weight is 380 g/mol. The summed E-state index contributed by atoms with van der Waals surface area (Å²) in [5.74, 6) is 1.72. The lowest BCUT2D eigenvalue weighted by molar-refractivity contribution is 0.222. The van der Waals surface area contributed by atoms with Crippen LogP contribution in [0.2, 0.25) is 0 Å². The molecule has 2 aromatic rings. The Morgan fingerprint density at radius 3 is 2.48 bits per heavy atom. The lowest BCUT2D eigenvalue weighted by atomic mass is 10.2. The number of hydrogen-bond acceptors (Lipinski definition) is 4. The molecule has 0 saturated carbocycles. The molecular formula is C18H22BrNO3. The van der Waals surface area contributed by atoms with Crippen molar-refractivity contribution in [1.29, 1.82) is 0 Å². The Labute approximate surface area is 145 Å². The van der Waals surface area contributed by atoms with Gasteiger partial charge in [-0.25, -0.2) is 0 Å². The number of nitrogens with one attached hydrogen (secondary N) is 1. The number of ether oxygens (including phenoxy) is 2. The van der Waals surface area contributed by atoms with Gasteiger partial charge in [0, 0.05) is 12.2 Å². The minimum absolute atomic E-state index is 0.0754. The van der Waals surface area contributed by atoms with Crippen LogP contribution in [0.4, 0.5) is 5.69 Å². The number of phenols is 1. The fourth-order valence-electron chi connectivity index (χ4n) is 2.12. The van der Waals surface area contributed by atoms with Crippen molar-refractivity contribution in [2.75, 3.05) is 11.9 Å². The fraction of sp³-hybridized carbons (Fsp3) is 0.333. The molecule has 0 unspecified atom stereocenters. The third kappa shape index (κ3) is 5.06. The fourth-order valence-corrected chi connectivity index (χ4v) is 2.70. The molecule has 0 aliphatic rings. The molecule has 124 valence electrons. The number of phenolic OH excluding ortho intramolecular Hbond substituents is 1. The molecule has 0 atom stereocenters. The zero-order valence-corrected chi connectivity index (χ0v) is 15.2. The number of aromatic hydroxyl groups is 1. The van der Waals surface area contributed by atoms with Crippen molar-refractivity contribution in [1.82, 2.24) is 0 Å². The summed E-state index contributed by atoms with van der Waals surface area (Å²) >= 11 is 3.57. The first-order valence-corrected chi connectivity index (χ1v) is 8.43. The van der Waals surface area contributed by atoms with Crippen molar-refractivity contribution in [3.8, 4) is 17.2 Å². The molecule has 0 saturated heterocycles. The molecule has 0 amide bonds. The van der Waals surface area contributed by atoms with Crippen molar-refractivity contribution < 1.29 is 14.6 Å². The molecule has 2 N–H and O–H groups in total. The van der Waals surface area contributed by atoms with Crippen molar-refractivity contribution in [3.05, 3.63) is 46.4 Å². The van der Waals surface area contributed by atoms with Crippen LogP contribution in [0.25, 0.3) is 0 Å². The molecule has 0 fully saturated rings. The van der Waals surface area contributed by atoms with E-state index in [0.717, 1.165) is 27.2 Å². The third-order valence-electron chi connectivity index (χ3n) is 3.09. The third-order valence-corrected chi connectivity index (χ3v) is 3.68. The maximum atomic E-state index is 9.31. The molecule has 0 aromatic heterocycles.